The number of aliphatic imine (C=N–C) groups is 1. The van der Waals surface area contributed by atoms with Crippen LogP contribution < -0.4 is 15.4 Å². The predicted molar refractivity (Wildman–Crippen MR) is 109 cm³/mol. The fourth-order valence-corrected chi connectivity index (χ4v) is 3.05. The molecule has 1 saturated heterocycles. The Morgan fingerprint density at radius 2 is 1.85 bits per heavy atom. The number of carbonyl (C=O) groups excluding carboxylic acids is 1. The number of ether oxygens (including phenoxy) is 1. The Balaban J connectivity index is 1.71. The van der Waals surface area contributed by atoms with Gasteiger partial charge in [-0.25, -0.2) is 0 Å². The van der Waals surface area contributed by atoms with Crippen molar-refractivity contribution in [1.29, 1.82) is 0 Å². The molecular formula is C20H33N5O2. The van der Waals surface area contributed by atoms with Gasteiger partial charge in [0.15, 0.2) is 5.96 Å². The van der Waals surface area contributed by atoms with Gasteiger partial charge >= 0.3 is 0 Å². The van der Waals surface area contributed by atoms with Crippen molar-refractivity contribution in [2.45, 2.75) is 20.3 Å². The number of rotatable bonds is 8. The van der Waals surface area contributed by atoms with Crippen molar-refractivity contribution in [3.8, 4) is 5.75 Å². The van der Waals surface area contributed by atoms with Gasteiger partial charge in [-0.3, -0.25) is 14.7 Å². The van der Waals surface area contributed by atoms with Crippen LogP contribution in [0.2, 0.25) is 0 Å². The average Bonchev–Trinajstić information content (AvgIpc) is 2.69. The Hall–Kier alpha value is -2.28. The van der Waals surface area contributed by atoms with Crippen molar-refractivity contribution < 1.29 is 9.53 Å². The molecule has 1 aliphatic heterocycles. The van der Waals surface area contributed by atoms with Crippen molar-refractivity contribution in [1.82, 2.24) is 20.4 Å². The molecule has 0 aliphatic carbocycles. The van der Waals surface area contributed by atoms with Crippen LogP contribution in [0.1, 0.15) is 19.4 Å². The Morgan fingerprint density at radius 1 is 1.15 bits per heavy atom. The molecule has 2 rings (SSSR count). The molecule has 150 valence electrons. The smallest absolute Gasteiger partial charge is 0.219 e. The first-order valence-electron chi connectivity index (χ1n) is 9.75. The van der Waals surface area contributed by atoms with Crippen LogP contribution in [-0.4, -0.2) is 81.1 Å². The highest BCUT2D eigenvalue weighted by Crippen LogP contribution is 2.11. The molecule has 0 aromatic heterocycles. The Kier molecular flexibility index (Phi) is 8.91. The van der Waals surface area contributed by atoms with Crippen LogP contribution in [0.4, 0.5) is 0 Å². The van der Waals surface area contributed by atoms with Gasteiger partial charge < -0.3 is 20.3 Å². The molecule has 1 amide bonds. The minimum atomic E-state index is 0.170. The third kappa shape index (κ3) is 7.46. The second kappa shape index (κ2) is 11.4. The summed E-state index contributed by atoms with van der Waals surface area (Å²) in [6.45, 7) is 10.5. The number of nitrogens with zero attached hydrogens (tertiary/aromatic N) is 3. The van der Waals surface area contributed by atoms with Crippen molar-refractivity contribution in [2.75, 3.05) is 59.5 Å². The van der Waals surface area contributed by atoms with E-state index in [9.17, 15) is 4.79 Å². The van der Waals surface area contributed by atoms with Gasteiger partial charge in [-0.1, -0.05) is 12.1 Å². The highest BCUT2D eigenvalue weighted by molar-refractivity contribution is 5.79. The summed E-state index contributed by atoms with van der Waals surface area (Å²) in [6, 6.07) is 8.15. The van der Waals surface area contributed by atoms with Gasteiger partial charge in [-0.2, -0.15) is 0 Å². The highest BCUT2D eigenvalue weighted by atomic mass is 16.5. The lowest BCUT2D eigenvalue weighted by atomic mass is 10.1. The average molecular weight is 376 g/mol. The van der Waals surface area contributed by atoms with Crippen LogP contribution in [0.5, 0.6) is 5.75 Å². The zero-order valence-corrected chi connectivity index (χ0v) is 16.8. The molecule has 1 aromatic rings. The largest absolute Gasteiger partial charge is 0.497 e. The maximum atomic E-state index is 11.4. The van der Waals surface area contributed by atoms with E-state index in [0.717, 1.165) is 70.5 Å². The summed E-state index contributed by atoms with van der Waals surface area (Å²) in [7, 11) is 1.68. The van der Waals surface area contributed by atoms with Gasteiger partial charge in [-0.05, 0) is 31.0 Å². The molecule has 0 radical (unpaired) electrons. The molecule has 0 saturated carbocycles. The first-order chi connectivity index (χ1) is 13.1. The number of guanidine groups is 1. The molecule has 0 atom stereocenters. The van der Waals surface area contributed by atoms with E-state index in [1.54, 1.807) is 14.0 Å². The number of nitrogens with one attached hydrogen (secondary N) is 2. The van der Waals surface area contributed by atoms with Crippen LogP contribution >= 0.6 is 0 Å². The summed E-state index contributed by atoms with van der Waals surface area (Å²) >= 11 is 0. The van der Waals surface area contributed by atoms with Crippen LogP contribution in [0.25, 0.3) is 0 Å². The van der Waals surface area contributed by atoms with Gasteiger partial charge in [-0.15, -0.1) is 0 Å². The van der Waals surface area contributed by atoms with Crippen molar-refractivity contribution in [2.24, 2.45) is 4.99 Å². The second-order valence-corrected chi connectivity index (χ2v) is 6.63. The SMILES string of the molecule is CCNC(=NCCN1CCN(C(C)=O)CC1)NCCc1ccc(OC)cc1. The summed E-state index contributed by atoms with van der Waals surface area (Å²) in [5.41, 5.74) is 1.27. The molecule has 1 heterocycles. The summed E-state index contributed by atoms with van der Waals surface area (Å²) < 4.78 is 5.19. The van der Waals surface area contributed by atoms with Crippen LogP contribution in [0.15, 0.2) is 29.3 Å². The van der Waals surface area contributed by atoms with Crippen molar-refractivity contribution >= 4 is 11.9 Å². The summed E-state index contributed by atoms with van der Waals surface area (Å²) in [6.07, 6.45) is 0.932. The first-order valence-corrected chi connectivity index (χ1v) is 9.75. The highest BCUT2D eigenvalue weighted by Gasteiger charge is 2.17. The number of benzene rings is 1. The maximum Gasteiger partial charge on any atom is 0.219 e. The van der Waals surface area contributed by atoms with Crippen LogP contribution in [0, 0.1) is 0 Å². The van der Waals surface area contributed by atoms with Gasteiger partial charge in [0.25, 0.3) is 0 Å². The number of amides is 1. The van der Waals surface area contributed by atoms with Gasteiger partial charge in [0, 0.05) is 52.7 Å². The topological polar surface area (TPSA) is 69.2 Å². The summed E-state index contributed by atoms with van der Waals surface area (Å²) in [5, 5.41) is 6.69. The molecule has 0 bridgehead atoms. The van der Waals surface area contributed by atoms with Gasteiger partial charge in [0.1, 0.15) is 5.75 Å². The van der Waals surface area contributed by atoms with E-state index >= 15 is 0 Å². The van der Waals surface area contributed by atoms with E-state index in [0.29, 0.717) is 0 Å². The summed E-state index contributed by atoms with van der Waals surface area (Å²) in [5.74, 6) is 1.90. The number of hydrogen-bond donors (Lipinski definition) is 2. The molecule has 0 unspecified atom stereocenters. The predicted octanol–water partition coefficient (Wildman–Crippen LogP) is 0.957. The van der Waals surface area contributed by atoms with E-state index in [-0.39, 0.29) is 5.91 Å². The zero-order valence-electron chi connectivity index (χ0n) is 16.8. The van der Waals surface area contributed by atoms with E-state index < -0.39 is 0 Å². The van der Waals surface area contributed by atoms with E-state index in [2.05, 4.69) is 39.6 Å². The first kappa shape index (κ1) is 21.0. The zero-order chi connectivity index (χ0) is 19.5. The minimum absolute atomic E-state index is 0.170. The Labute approximate surface area is 162 Å². The molecular weight excluding hydrogens is 342 g/mol. The maximum absolute atomic E-state index is 11.4. The minimum Gasteiger partial charge on any atom is -0.497 e. The van der Waals surface area contributed by atoms with E-state index in [1.807, 2.05) is 17.0 Å². The number of hydrogen-bond acceptors (Lipinski definition) is 4. The summed E-state index contributed by atoms with van der Waals surface area (Å²) in [4.78, 5) is 20.3. The molecule has 1 aromatic carbocycles. The van der Waals surface area contributed by atoms with E-state index in [1.165, 1.54) is 5.56 Å². The third-order valence-electron chi connectivity index (χ3n) is 4.71. The molecule has 2 N–H and O–H groups in total. The van der Waals surface area contributed by atoms with Crippen LogP contribution in [-0.2, 0) is 11.2 Å². The van der Waals surface area contributed by atoms with Crippen LogP contribution in [0.3, 0.4) is 0 Å². The van der Waals surface area contributed by atoms with Crippen molar-refractivity contribution in [3.63, 3.8) is 0 Å². The Morgan fingerprint density at radius 3 is 2.44 bits per heavy atom. The standard InChI is InChI=1S/C20H33N5O2/c1-4-21-20(22-10-9-18-5-7-19(27-3)8-6-18)23-11-12-24-13-15-25(16-14-24)17(2)26/h5-8H,4,9-16H2,1-3H3,(H2,21,22,23). The fraction of sp³-hybridized carbons (Fsp3) is 0.600. The third-order valence-corrected chi connectivity index (χ3v) is 4.71. The molecule has 7 heteroatoms. The van der Waals surface area contributed by atoms with Gasteiger partial charge in [0.05, 0.1) is 13.7 Å². The molecule has 7 nitrogen and oxygen atoms in total. The lowest BCUT2D eigenvalue weighted by molar-refractivity contribution is -0.130. The second-order valence-electron chi connectivity index (χ2n) is 6.63. The monoisotopic (exact) mass is 375 g/mol. The quantitative estimate of drug-likeness (QED) is 0.523. The lowest BCUT2D eigenvalue weighted by Crippen LogP contribution is -2.48. The molecule has 1 fully saturated rings. The lowest BCUT2D eigenvalue weighted by Gasteiger charge is -2.33. The molecule has 27 heavy (non-hydrogen) atoms. The van der Waals surface area contributed by atoms with Gasteiger partial charge in [0.2, 0.25) is 5.91 Å². The Bertz CT molecular complexity index is 595. The fourth-order valence-electron chi connectivity index (χ4n) is 3.05. The van der Waals surface area contributed by atoms with Crippen molar-refractivity contribution in [3.05, 3.63) is 29.8 Å². The number of methoxy groups -OCH3 is 1. The number of piperazine rings is 1. The van der Waals surface area contributed by atoms with E-state index in [4.69, 9.17) is 4.74 Å². The normalized spacial score (nSPS) is 15.5. The number of carbonyl (C=O) groups is 1. The molecule has 0 spiro atoms. The molecule has 1 aliphatic rings.